The van der Waals surface area contributed by atoms with Gasteiger partial charge in [0.25, 0.3) is 0 Å². The molecule has 1 N–H and O–H groups in total. The van der Waals surface area contributed by atoms with Crippen molar-refractivity contribution >= 4 is 15.9 Å². The van der Waals surface area contributed by atoms with Gasteiger partial charge in [-0.3, -0.25) is 0 Å². The van der Waals surface area contributed by atoms with Gasteiger partial charge in [-0.25, -0.2) is 9.37 Å². The minimum absolute atomic E-state index is 0.243. The highest BCUT2D eigenvalue weighted by atomic mass is 79.9. The summed E-state index contributed by atoms with van der Waals surface area (Å²) in [5.74, 6) is -0.243. The Hall–Kier alpha value is -1.20. The Labute approximate surface area is 126 Å². The van der Waals surface area contributed by atoms with Gasteiger partial charge in [-0.2, -0.15) is 0 Å². The zero-order valence-corrected chi connectivity index (χ0v) is 12.9. The van der Waals surface area contributed by atoms with E-state index >= 15 is 0 Å². The predicted molar refractivity (Wildman–Crippen MR) is 80.4 cm³/mol. The topological polar surface area (TPSA) is 29.9 Å². The Morgan fingerprint density at radius 2 is 2.25 bits per heavy atom. The molecule has 1 saturated heterocycles. The van der Waals surface area contributed by atoms with Crippen LogP contribution in [-0.4, -0.2) is 15.6 Å². The number of nitrogens with one attached hydrogen (secondary N) is 1. The summed E-state index contributed by atoms with van der Waals surface area (Å²) >= 11 is 3.49. The van der Waals surface area contributed by atoms with Crippen LogP contribution in [0.4, 0.5) is 4.39 Å². The largest absolute Gasteiger partial charge is 0.306 e. The van der Waals surface area contributed by atoms with Crippen molar-refractivity contribution in [1.82, 2.24) is 14.9 Å². The van der Waals surface area contributed by atoms with Crippen LogP contribution in [-0.2, 0) is 0 Å². The Morgan fingerprint density at radius 3 is 3.05 bits per heavy atom. The van der Waals surface area contributed by atoms with E-state index in [4.69, 9.17) is 0 Å². The van der Waals surface area contributed by atoms with E-state index in [1.165, 1.54) is 25.0 Å². The molecule has 0 bridgehead atoms. The quantitative estimate of drug-likeness (QED) is 0.898. The van der Waals surface area contributed by atoms with Crippen molar-refractivity contribution in [3.8, 4) is 5.69 Å². The van der Waals surface area contributed by atoms with Crippen molar-refractivity contribution < 1.29 is 4.39 Å². The third-order valence-corrected chi connectivity index (χ3v) is 4.48. The molecule has 2 atom stereocenters. The summed E-state index contributed by atoms with van der Waals surface area (Å²) in [7, 11) is 0. The van der Waals surface area contributed by atoms with Crippen molar-refractivity contribution in [2.45, 2.75) is 38.3 Å². The number of halogens is 2. The highest BCUT2D eigenvalue weighted by Crippen LogP contribution is 2.29. The summed E-state index contributed by atoms with van der Waals surface area (Å²) in [5.41, 5.74) is 1.88. The summed E-state index contributed by atoms with van der Waals surface area (Å²) in [6.45, 7) is 2.20. The highest BCUT2D eigenvalue weighted by Gasteiger charge is 2.23. The van der Waals surface area contributed by atoms with Crippen molar-refractivity contribution in [3.63, 3.8) is 0 Å². The van der Waals surface area contributed by atoms with Crippen LogP contribution in [0.3, 0.4) is 0 Å². The molecule has 0 amide bonds. The Bertz CT molecular complexity index is 611. The molecular weight excluding hydrogens is 321 g/mol. The lowest BCUT2D eigenvalue weighted by molar-refractivity contribution is 0.334. The first-order valence-corrected chi connectivity index (χ1v) is 7.68. The average molecular weight is 338 g/mol. The lowest BCUT2D eigenvalue weighted by atomic mass is 9.97. The molecule has 0 spiro atoms. The standard InChI is InChI=1S/C15H17BrFN3/c1-10-3-2-4-13(19-10)15-8-18-9-20(15)14-7-11(17)5-6-12(14)16/h5-10,13,19H,2-4H2,1H3. The van der Waals surface area contributed by atoms with Gasteiger partial charge in [0.1, 0.15) is 5.82 Å². The Kier molecular flexibility index (Phi) is 3.89. The smallest absolute Gasteiger partial charge is 0.125 e. The summed E-state index contributed by atoms with van der Waals surface area (Å²) < 4.78 is 16.3. The molecule has 2 heterocycles. The molecule has 1 aromatic heterocycles. The van der Waals surface area contributed by atoms with Crippen molar-refractivity contribution in [3.05, 3.63) is 46.7 Å². The second-order valence-electron chi connectivity index (χ2n) is 5.34. The number of nitrogens with zero attached hydrogens (tertiary/aromatic N) is 2. The molecular formula is C15H17BrFN3. The van der Waals surface area contributed by atoms with E-state index < -0.39 is 0 Å². The molecule has 3 rings (SSSR count). The monoisotopic (exact) mass is 337 g/mol. The zero-order chi connectivity index (χ0) is 14.1. The van der Waals surface area contributed by atoms with E-state index in [0.29, 0.717) is 6.04 Å². The van der Waals surface area contributed by atoms with Gasteiger partial charge in [-0.05, 0) is 60.3 Å². The van der Waals surface area contributed by atoms with Gasteiger partial charge in [0.15, 0.2) is 0 Å². The van der Waals surface area contributed by atoms with E-state index in [1.54, 1.807) is 12.4 Å². The second kappa shape index (κ2) is 5.66. The van der Waals surface area contributed by atoms with Crippen LogP contribution >= 0.6 is 15.9 Å². The molecule has 2 aromatic rings. The van der Waals surface area contributed by atoms with Crippen molar-refractivity contribution in [2.75, 3.05) is 0 Å². The van der Waals surface area contributed by atoms with Gasteiger partial charge in [0.05, 0.1) is 23.9 Å². The maximum absolute atomic E-state index is 13.5. The fourth-order valence-electron chi connectivity index (χ4n) is 2.81. The summed E-state index contributed by atoms with van der Waals surface area (Å²) in [5, 5.41) is 3.59. The summed E-state index contributed by atoms with van der Waals surface area (Å²) in [6, 6.07) is 5.49. The molecule has 3 nitrogen and oxygen atoms in total. The molecule has 106 valence electrons. The molecule has 1 aromatic carbocycles. The van der Waals surface area contributed by atoms with Crippen molar-refractivity contribution in [2.24, 2.45) is 0 Å². The summed E-state index contributed by atoms with van der Waals surface area (Å²) in [6.07, 6.45) is 7.11. The lowest BCUT2D eigenvalue weighted by Crippen LogP contribution is -2.35. The number of hydrogen-bond acceptors (Lipinski definition) is 2. The molecule has 0 saturated carbocycles. The van der Waals surface area contributed by atoms with Gasteiger partial charge in [-0.15, -0.1) is 0 Å². The first-order valence-electron chi connectivity index (χ1n) is 6.89. The number of benzene rings is 1. The number of hydrogen-bond donors (Lipinski definition) is 1. The normalized spacial score (nSPS) is 22.9. The fourth-order valence-corrected chi connectivity index (χ4v) is 3.24. The maximum Gasteiger partial charge on any atom is 0.125 e. The molecule has 1 aliphatic heterocycles. The van der Waals surface area contributed by atoms with Crippen molar-refractivity contribution in [1.29, 1.82) is 0 Å². The minimum Gasteiger partial charge on any atom is -0.306 e. The highest BCUT2D eigenvalue weighted by molar-refractivity contribution is 9.10. The molecule has 5 heteroatoms. The van der Waals surface area contributed by atoms with E-state index in [9.17, 15) is 4.39 Å². The molecule has 0 aliphatic carbocycles. The average Bonchev–Trinajstić information content (AvgIpc) is 2.90. The third kappa shape index (κ3) is 2.65. The number of piperidine rings is 1. The van der Waals surface area contributed by atoms with E-state index in [-0.39, 0.29) is 11.9 Å². The predicted octanol–water partition coefficient (Wildman–Crippen LogP) is 3.98. The molecule has 1 fully saturated rings. The summed E-state index contributed by atoms with van der Waals surface area (Å²) in [4.78, 5) is 4.25. The van der Waals surface area contributed by atoms with Crippen LogP contribution in [0.1, 0.15) is 37.9 Å². The van der Waals surface area contributed by atoms with Crippen LogP contribution in [0.2, 0.25) is 0 Å². The number of imidazole rings is 1. The van der Waals surface area contributed by atoms with Crippen LogP contribution in [0.5, 0.6) is 0 Å². The third-order valence-electron chi connectivity index (χ3n) is 3.81. The molecule has 1 aliphatic rings. The van der Waals surface area contributed by atoms with Crippen LogP contribution in [0.15, 0.2) is 35.2 Å². The number of rotatable bonds is 2. The van der Waals surface area contributed by atoms with Gasteiger partial charge >= 0.3 is 0 Å². The zero-order valence-electron chi connectivity index (χ0n) is 11.3. The van der Waals surface area contributed by atoms with Gasteiger partial charge in [-0.1, -0.05) is 0 Å². The first-order chi connectivity index (χ1) is 9.65. The van der Waals surface area contributed by atoms with Gasteiger partial charge < -0.3 is 9.88 Å². The van der Waals surface area contributed by atoms with E-state index in [1.807, 2.05) is 10.8 Å². The van der Waals surface area contributed by atoms with Crippen LogP contribution in [0.25, 0.3) is 5.69 Å². The Morgan fingerprint density at radius 1 is 1.40 bits per heavy atom. The first kappa shape index (κ1) is 13.8. The van der Waals surface area contributed by atoms with E-state index in [0.717, 1.165) is 22.3 Å². The minimum atomic E-state index is -0.243. The SMILES string of the molecule is CC1CCCC(c2cncn2-c2cc(F)ccc2Br)N1. The second-order valence-corrected chi connectivity index (χ2v) is 6.19. The van der Waals surface area contributed by atoms with Crippen LogP contribution < -0.4 is 5.32 Å². The Balaban J connectivity index is 1.99. The molecule has 0 radical (unpaired) electrons. The van der Waals surface area contributed by atoms with Crippen LogP contribution in [0, 0.1) is 5.82 Å². The molecule has 20 heavy (non-hydrogen) atoms. The van der Waals surface area contributed by atoms with E-state index in [2.05, 4.69) is 33.2 Å². The molecule has 2 unspecified atom stereocenters. The van der Waals surface area contributed by atoms with Gasteiger partial charge in [0, 0.05) is 16.6 Å². The lowest BCUT2D eigenvalue weighted by Gasteiger charge is -2.29. The number of aromatic nitrogens is 2. The van der Waals surface area contributed by atoms with Gasteiger partial charge in [0.2, 0.25) is 0 Å². The maximum atomic E-state index is 13.5. The fraction of sp³-hybridized carbons (Fsp3) is 0.400.